The number of carbonyl (C=O) groups excluding carboxylic acids is 1. The van der Waals surface area contributed by atoms with Crippen LogP contribution in [0.3, 0.4) is 0 Å². The van der Waals surface area contributed by atoms with Crippen LogP contribution in [0.1, 0.15) is 24.8 Å². The van der Waals surface area contributed by atoms with Gasteiger partial charge in [0.2, 0.25) is 0 Å². The molecule has 0 fully saturated rings. The minimum Gasteiger partial charge on any atom is -0.340 e. The normalized spacial score (nSPS) is 13.8. The molecule has 0 spiro atoms. The lowest BCUT2D eigenvalue weighted by Gasteiger charge is -2.33. The van der Waals surface area contributed by atoms with Gasteiger partial charge in [-0.2, -0.15) is 13.2 Å². The molecule has 0 atom stereocenters. The summed E-state index contributed by atoms with van der Waals surface area (Å²) in [7, 11) is 3.72. The SMILES string of the molecule is C[N+](C)(C=O)CCCCCN1c2ccccc2Sc2ccc(C(F)(F)F)cc21. The van der Waals surface area contributed by atoms with Crippen LogP contribution < -0.4 is 4.90 Å². The first kappa shape index (κ1) is 20.7. The summed E-state index contributed by atoms with van der Waals surface area (Å²) in [6, 6.07) is 11.8. The van der Waals surface area contributed by atoms with Crippen molar-refractivity contribution in [2.24, 2.45) is 0 Å². The number of fused-ring (bicyclic) bond motifs is 2. The van der Waals surface area contributed by atoms with Crippen molar-refractivity contribution >= 4 is 29.5 Å². The van der Waals surface area contributed by atoms with E-state index in [2.05, 4.69) is 0 Å². The van der Waals surface area contributed by atoms with Gasteiger partial charge in [0.15, 0.2) is 0 Å². The molecule has 2 aromatic carbocycles. The van der Waals surface area contributed by atoms with Gasteiger partial charge >= 0.3 is 12.6 Å². The van der Waals surface area contributed by atoms with Gasteiger partial charge in [0, 0.05) is 16.3 Å². The molecule has 0 saturated heterocycles. The van der Waals surface area contributed by atoms with Gasteiger partial charge in [-0.3, -0.25) is 4.48 Å². The average Bonchev–Trinajstić information content (AvgIpc) is 2.65. The second-order valence-electron chi connectivity index (χ2n) is 7.57. The fourth-order valence-electron chi connectivity index (χ4n) is 3.27. The third-order valence-corrected chi connectivity index (χ3v) is 5.98. The molecule has 1 aliphatic rings. The zero-order valence-corrected chi connectivity index (χ0v) is 16.8. The van der Waals surface area contributed by atoms with Crippen molar-refractivity contribution in [1.29, 1.82) is 0 Å². The number of unbranched alkanes of at least 4 members (excludes halogenated alkanes) is 2. The number of hydrogen-bond acceptors (Lipinski definition) is 3. The maximum Gasteiger partial charge on any atom is 0.416 e. The molecule has 2 aromatic rings. The van der Waals surface area contributed by atoms with Crippen LogP contribution in [-0.4, -0.2) is 38.1 Å². The number of hydrogen-bond donors (Lipinski definition) is 0. The minimum absolute atomic E-state index is 0.320. The maximum absolute atomic E-state index is 13.2. The van der Waals surface area contributed by atoms with Crippen molar-refractivity contribution < 1.29 is 22.4 Å². The summed E-state index contributed by atoms with van der Waals surface area (Å²) < 4.78 is 40.0. The maximum atomic E-state index is 13.2. The molecule has 28 heavy (non-hydrogen) atoms. The van der Waals surface area contributed by atoms with Crippen LogP contribution in [0.5, 0.6) is 0 Å². The fourth-order valence-corrected chi connectivity index (χ4v) is 4.34. The summed E-state index contributed by atoms with van der Waals surface area (Å²) in [5.41, 5.74) is 0.937. The van der Waals surface area contributed by atoms with E-state index in [4.69, 9.17) is 0 Å². The molecule has 1 amide bonds. The second-order valence-corrected chi connectivity index (χ2v) is 8.65. The molecule has 0 radical (unpaired) electrons. The molecule has 0 saturated carbocycles. The van der Waals surface area contributed by atoms with Gasteiger partial charge in [-0.25, -0.2) is 4.79 Å². The van der Waals surface area contributed by atoms with Crippen molar-refractivity contribution in [3.05, 3.63) is 48.0 Å². The van der Waals surface area contributed by atoms with E-state index in [9.17, 15) is 18.0 Å². The van der Waals surface area contributed by atoms with E-state index in [-0.39, 0.29) is 0 Å². The van der Waals surface area contributed by atoms with Gasteiger partial charge in [0.1, 0.15) is 0 Å². The van der Waals surface area contributed by atoms with Crippen LogP contribution >= 0.6 is 11.8 Å². The minimum atomic E-state index is -4.36. The molecule has 0 unspecified atom stereocenters. The van der Waals surface area contributed by atoms with Gasteiger partial charge in [-0.1, -0.05) is 23.9 Å². The number of rotatable bonds is 7. The smallest absolute Gasteiger partial charge is 0.340 e. The topological polar surface area (TPSA) is 20.3 Å². The quantitative estimate of drug-likeness (QED) is 0.332. The highest BCUT2D eigenvalue weighted by molar-refractivity contribution is 7.99. The molecule has 0 aliphatic carbocycles. The van der Waals surface area contributed by atoms with Crippen LogP contribution in [0.2, 0.25) is 0 Å². The van der Waals surface area contributed by atoms with Crippen molar-refractivity contribution in [2.75, 3.05) is 32.1 Å². The van der Waals surface area contributed by atoms with Crippen molar-refractivity contribution in [3.8, 4) is 0 Å². The summed E-state index contributed by atoms with van der Waals surface area (Å²) in [6.45, 7) is 1.39. The first-order valence-corrected chi connectivity index (χ1v) is 10.1. The van der Waals surface area contributed by atoms with Crippen molar-refractivity contribution in [1.82, 2.24) is 0 Å². The highest BCUT2D eigenvalue weighted by Gasteiger charge is 2.33. The molecule has 3 nitrogen and oxygen atoms in total. The number of halogens is 3. The Balaban J connectivity index is 1.79. The van der Waals surface area contributed by atoms with E-state index in [0.717, 1.165) is 53.8 Å². The lowest BCUT2D eigenvalue weighted by molar-refractivity contribution is -0.804. The third kappa shape index (κ3) is 4.70. The zero-order valence-electron chi connectivity index (χ0n) is 16.0. The molecule has 0 bridgehead atoms. The van der Waals surface area contributed by atoms with Crippen LogP contribution in [0.25, 0.3) is 0 Å². The van der Waals surface area contributed by atoms with Crippen LogP contribution in [0.15, 0.2) is 52.3 Å². The molecule has 1 aliphatic heterocycles. The molecule has 150 valence electrons. The molecular formula is C21H24F3N2OS+. The predicted octanol–water partition coefficient (Wildman–Crippen LogP) is 5.71. The lowest BCUT2D eigenvalue weighted by Crippen LogP contribution is -2.38. The highest BCUT2D eigenvalue weighted by atomic mass is 32.2. The Morgan fingerprint density at radius 1 is 1.00 bits per heavy atom. The first-order valence-electron chi connectivity index (χ1n) is 9.26. The summed E-state index contributed by atoms with van der Waals surface area (Å²) in [5, 5.41) is 0. The fraction of sp³-hybridized carbons (Fsp3) is 0.381. The number of quaternary nitrogens is 1. The van der Waals surface area contributed by atoms with Crippen LogP contribution in [0.4, 0.5) is 24.5 Å². The Morgan fingerprint density at radius 3 is 2.43 bits per heavy atom. The summed E-state index contributed by atoms with van der Waals surface area (Å²) in [5.74, 6) is 0. The number of carbonyl (C=O) groups is 1. The summed E-state index contributed by atoms with van der Waals surface area (Å²) >= 11 is 1.51. The highest BCUT2D eigenvalue weighted by Crippen LogP contribution is 2.49. The lowest BCUT2D eigenvalue weighted by atomic mass is 10.1. The number of alkyl halides is 3. The van der Waals surface area contributed by atoms with Gasteiger partial charge in [0.25, 0.3) is 0 Å². The molecule has 1 heterocycles. The van der Waals surface area contributed by atoms with Gasteiger partial charge in [0.05, 0.1) is 37.6 Å². The standard InChI is InChI=1S/C21H24F3N2OS/c1-26(2,15-27)13-7-3-6-12-25-17-8-4-5-9-19(17)28-20-11-10-16(14-18(20)25)21(22,23)24/h4-5,8-11,14-15H,3,6-7,12-13H2,1-2H3/q+1. The van der Waals surface area contributed by atoms with Crippen molar-refractivity contribution in [3.63, 3.8) is 0 Å². The molecule has 7 heteroatoms. The van der Waals surface area contributed by atoms with Crippen LogP contribution in [-0.2, 0) is 11.0 Å². The molecule has 0 N–H and O–H groups in total. The van der Waals surface area contributed by atoms with E-state index in [1.54, 1.807) is 6.07 Å². The second kappa shape index (κ2) is 8.17. The Hall–Kier alpha value is -1.99. The Morgan fingerprint density at radius 2 is 1.71 bits per heavy atom. The van der Waals surface area contributed by atoms with Crippen molar-refractivity contribution in [2.45, 2.75) is 35.2 Å². The number of para-hydroxylation sites is 1. The Labute approximate surface area is 167 Å². The van der Waals surface area contributed by atoms with Gasteiger partial charge in [-0.05, 0) is 49.6 Å². The van der Waals surface area contributed by atoms with E-state index >= 15 is 0 Å². The van der Waals surface area contributed by atoms with E-state index in [1.807, 2.05) is 43.3 Å². The Kier molecular flexibility index (Phi) is 6.05. The zero-order chi connectivity index (χ0) is 20.4. The van der Waals surface area contributed by atoms with E-state index in [1.165, 1.54) is 17.8 Å². The monoisotopic (exact) mass is 409 g/mol. The summed E-state index contributed by atoms with van der Waals surface area (Å²) in [6.07, 6.45) is -0.789. The molecule has 3 rings (SSSR count). The molecular weight excluding hydrogens is 385 g/mol. The van der Waals surface area contributed by atoms with E-state index in [0.29, 0.717) is 16.7 Å². The predicted molar refractivity (Wildman–Crippen MR) is 106 cm³/mol. The van der Waals surface area contributed by atoms with Crippen LogP contribution in [0, 0.1) is 0 Å². The Bertz CT molecular complexity index is 852. The largest absolute Gasteiger partial charge is 0.416 e. The van der Waals surface area contributed by atoms with Gasteiger partial charge < -0.3 is 4.90 Å². The number of benzene rings is 2. The molecule has 0 aromatic heterocycles. The number of amides is 1. The van der Waals surface area contributed by atoms with E-state index < -0.39 is 11.7 Å². The number of nitrogens with zero attached hydrogens (tertiary/aromatic N) is 2. The first-order chi connectivity index (χ1) is 13.2. The third-order valence-electron chi connectivity index (χ3n) is 4.85. The number of anilines is 2. The summed E-state index contributed by atoms with van der Waals surface area (Å²) in [4.78, 5) is 14.9. The van der Waals surface area contributed by atoms with Gasteiger partial charge in [-0.15, -0.1) is 0 Å². The average molecular weight is 409 g/mol.